The quantitative estimate of drug-likeness (QED) is 0.670. The number of nitrogens with one attached hydrogen (secondary N) is 1. The first-order valence-corrected chi connectivity index (χ1v) is 9.45. The Morgan fingerprint density at radius 3 is 2.41 bits per heavy atom. The van der Waals surface area contributed by atoms with Crippen molar-refractivity contribution in [1.29, 1.82) is 0 Å². The normalized spacial score (nSPS) is 12.7. The van der Waals surface area contributed by atoms with E-state index in [4.69, 9.17) is 0 Å². The van der Waals surface area contributed by atoms with Gasteiger partial charge in [-0.2, -0.15) is 0 Å². The molecule has 0 amide bonds. The van der Waals surface area contributed by atoms with Gasteiger partial charge in [0, 0.05) is 18.9 Å². The van der Waals surface area contributed by atoms with Crippen molar-refractivity contribution >= 4 is 10.0 Å². The lowest BCUT2D eigenvalue weighted by atomic mass is 10.1. The Labute approximate surface area is 155 Å². The number of halogens is 2. The summed E-state index contributed by atoms with van der Waals surface area (Å²) < 4.78 is 62.1. The first-order chi connectivity index (χ1) is 12.9. The van der Waals surface area contributed by atoms with Gasteiger partial charge in [0.05, 0.1) is 24.4 Å². The van der Waals surface area contributed by atoms with Gasteiger partial charge >= 0.3 is 0 Å². The Hall–Kier alpha value is -2.78. The second-order valence-corrected chi connectivity index (χ2v) is 7.48. The van der Waals surface area contributed by atoms with E-state index in [1.807, 2.05) is 0 Å². The third kappa shape index (κ3) is 4.32. The SMILES string of the molecule is COc1c(F)cc(S(=O)(=O)NC(Cn2ccnc2)c2ccccc2)cc1F. The van der Waals surface area contributed by atoms with Gasteiger partial charge < -0.3 is 9.30 Å². The molecule has 0 spiro atoms. The van der Waals surface area contributed by atoms with Crippen molar-refractivity contribution in [2.45, 2.75) is 17.5 Å². The van der Waals surface area contributed by atoms with Gasteiger partial charge in [-0.15, -0.1) is 0 Å². The second kappa shape index (κ2) is 7.85. The number of ether oxygens (including phenoxy) is 1. The van der Waals surface area contributed by atoms with Crippen LogP contribution in [-0.2, 0) is 16.6 Å². The summed E-state index contributed by atoms with van der Waals surface area (Å²) in [5, 5.41) is 0. The van der Waals surface area contributed by atoms with Crippen molar-refractivity contribution in [2.24, 2.45) is 0 Å². The van der Waals surface area contributed by atoms with Gasteiger partial charge in [-0.25, -0.2) is 26.9 Å². The molecule has 0 fully saturated rings. The number of imidazole rings is 1. The molecule has 1 unspecified atom stereocenters. The van der Waals surface area contributed by atoms with Crippen molar-refractivity contribution < 1.29 is 21.9 Å². The minimum atomic E-state index is -4.20. The predicted molar refractivity (Wildman–Crippen MR) is 94.6 cm³/mol. The molecule has 0 aliphatic rings. The number of aromatic nitrogens is 2. The van der Waals surface area contributed by atoms with Crippen LogP contribution in [-0.4, -0.2) is 25.1 Å². The van der Waals surface area contributed by atoms with Crippen LogP contribution in [0.15, 0.2) is 66.1 Å². The Bertz CT molecular complexity index is 987. The monoisotopic (exact) mass is 393 g/mol. The first kappa shape index (κ1) is 19.0. The average Bonchev–Trinajstić information content (AvgIpc) is 3.14. The molecular weight excluding hydrogens is 376 g/mol. The van der Waals surface area contributed by atoms with Crippen molar-refractivity contribution in [3.8, 4) is 5.75 Å². The highest BCUT2D eigenvalue weighted by atomic mass is 32.2. The summed E-state index contributed by atoms with van der Waals surface area (Å²) in [5.41, 5.74) is 0.698. The van der Waals surface area contributed by atoms with Crippen LogP contribution < -0.4 is 9.46 Å². The Morgan fingerprint density at radius 2 is 1.85 bits per heavy atom. The zero-order valence-electron chi connectivity index (χ0n) is 14.3. The van der Waals surface area contributed by atoms with Crippen molar-refractivity contribution in [3.05, 3.63) is 78.4 Å². The molecule has 3 aromatic rings. The fourth-order valence-corrected chi connectivity index (χ4v) is 3.88. The Morgan fingerprint density at radius 1 is 1.19 bits per heavy atom. The van der Waals surface area contributed by atoms with E-state index >= 15 is 0 Å². The van der Waals surface area contributed by atoms with Crippen LogP contribution in [0.5, 0.6) is 5.75 Å². The van der Waals surface area contributed by atoms with Crippen LogP contribution in [0.4, 0.5) is 8.78 Å². The van der Waals surface area contributed by atoms with E-state index in [9.17, 15) is 17.2 Å². The van der Waals surface area contributed by atoms with Crippen LogP contribution in [0, 0.1) is 11.6 Å². The smallest absolute Gasteiger partial charge is 0.241 e. The number of methoxy groups -OCH3 is 1. The lowest BCUT2D eigenvalue weighted by Gasteiger charge is -2.20. The number of sulfonamides is 1. The molecule has 1 N–H and O–H groups in total. The van der Waals surface area contributed by atoms with Crippen molar-refractivity contribution in [1.82, 2.24) is 14.3 Å². The lowest BCUT2D eigenvalue weighted by Crippen LogP contribution is -2.31. The summed E-state index contributed by atoms with van der Waals surface area (Å²) in [5.74, 6) is -2.82. The Balaban J connectivity index is 1.95. The van der Waals surface area contributed by atoms with E-state index in [2.05, 4.69) is 14.4 Å². The second-order valence-electron chi connectivity index (χ2n) is 5.76. The molecule has 1 aromatic heterocycles. The third-order valence-electron chi connectivity index (χ3n) is 3.94. The standard InChI is InChI=1S/C18H17F2N3O3S/c1-26-18-15(19)9-14(10-16(18)20)27(24,25)22-17(11-23-8-7-21-12-23)13-5-3-2-4-6-13/h2-10,12,17,22H,11H2,1H3. The maximum absolute atomic E-state index is 13.9. The van der Waals surface area contributed by atoms with Crippen LogP contribution in [0.25, 0.3) is 0 Å². The number of rotatable bonds is 7. The molecule has 0 saturated heterocycles. The van der Waals surface area contributed by atoms with Gasteiger partial charge in [-0.05, 0) is 17.7 Å². The van der Waals surface area contributed by atoms with E-state index in [-0.39, 0.29) is 6.54 Å². The van der Waals surface area contributed by atoms with Gasteiger partial charge in [0.25, 0.3) is 0 Å². The molecule has 3 rings (SSSR count). The maximum Gasteiger partial charge on any atom is 0.241 e. The summed E-state index contributed by atoms with van der Waals surface area (Å²) in [7, 11) is -3.10. The lowest BCUT2D eigenvalue weighted by molar-refractivity contribution is 0.358. The highest BCUT2D eigenvalue weighted by molar-refractivity contribution is 7.89. The first-order valence-electron chi connectivity index (χ1n) is 7.97. The van der Waals surface area contributed by atoms with E-state index in [1.54, 1.807) is 53.6 Å². The van der Waals surface area contributed by atoms with Crippen molar-refractivity contribution in [2.75, 3.05) is 7.11 Å². The third-order valence-corrected chi connectivity index (χ3v) is 5.39. The van der Waals surface area contributed by atoms with Gasteiger partial charge in [0.15, 0.2) is 17.4 Å². The van der Waals surface area contributed by atoms with Crippen LogP contribution in [0.2, 0.25) is 0 Å². The summed E-state index contributed by atoms with van der Waals surface area (Å²) in [6.07, 6.45) is 4.82. The molecule has 0 aliphatic heterocycles. The molecule has 1 heterocycles. The van der Waals surface area contributed by atoms with Crippen LogP contribution in [0.1, 0.15) is 11.6 Å². The minimum Gasteiger partial charge on any atom is -0.491 e. The fourth-order valence-electron chi connectivity index (χ4n) is 2.64. The number of benzene rings is 2. The van der Waals surface area contributed by atoms with E-state index in [1.165, 1.54) is 0 Å². The van der Waals surface area contributed by atoms with Gasteiger partial charge in [0.1, 0.15) is 0 Å². The minimum absolute atomic E-state index is 0.254. The van der Waals surface area contributed by atoms with E-state index in [0.717, 1.165) is 19.2 Å². The zero-order chi connectivity index (χ0) is 19.4. The highest BCUT2D eigenvalue weighted by Crippen LogP contribution is 2.26. The maximum atomic E-state index is 13.9. The molecule has 0 radical (unpaired) electrons. The van der Waals surface area contributed by atoms with E-state index < -0.39 is 38.3 Å². The number of nitrogens with zero attached hydrogens (tertiary/aromatic N) is 2. The molecule has 0 aliphatic carbocycles. The van der Waals surface area contributed by atoms with Gasteiger partial charge in [-0.3, -0.25) is 0 Å². The van der Waals surface area contributed by atoms with Crippen LogP contribution in [0.3, 0.4) is 0 Å². The summed E-state index contributed by atoms with van der Waals surface area (Å²) in [6, 6.07) is 9.67. The van der Waals surface area contributed by atoms with Crippen molar-refractivity contribution in [3.63, 3.8) is 0 Å². The molecule has 142 valence electrons. The summed E-state index contributed by atoms with van der Waals surface area (Å²) in [6.45, 7) is 0.254. The molecule has 0 saturated carbocycles. The molecule has 1 atom stereocenters. The number of hydrogen-bond donors (Lipinski definition) is 1. The molecule has 2 aromatic carbocycles. The average molecular weight is 393 g/mol. The molecule has 0 bridgehead atoms. The molecular formula is C18H17F2N3O3S. The topological polar surface area (TPSA) is 73.2 Å². The largest absolute Gasteiger partial charge is 0.491 e. The van der Waals surface area contributed by atoms with E-state index in [0.29, 0.717) is 5.56 Å². The molecule has 6 nitrogen and oxygen atoms in total. The number of hydrogen-bond acceptors (Lipinski definition) is 4. The van der Waals surface area contributed by atoms with Crippen LogP contribution >= 0.6 is 0 Å². The summed E-state index contributed by atoms with van der Waals surface area (Å²) >= 11 is 0. The summed E-state index contributed by atoms with van der Waals surface area (Å²) in [4.78, 5) is 3.42. The molecule has 9 heteroatoms. The zero-order valence-corrected chi connectivity index (χ0v) is 15.2. The fraction of sp³-hybridized carbons (Fsp3) is 0.167. The van der Waals surface area contributed by atoms with Gasteiger partial charge in [-0.1, -0.05) is 30.3 Å². The molecule has 27 heavy (non-hydrogen) atoms. The highest BCUT2D eigenvalue weighted by Gasteiger charge is 2.25. The predicted octanol–water partition coefficient (Wildman–Crippen LogP) is 2.89. The Kier molecular flexibility index (Phi) is 5.52. The van der Waals surface area contributed by atoms with Gasteiger partial charge in [0.2, 0.25) is 10.0 Å².